The average Bonchev–Trinajstić information content (AvgIpc) is 2.62. The molecule has 0 saturated heterocycles. The predicted octanol–water partition coefficient (Wildman–Crippen LogP) is 3.88. The standard InChI is InChI=1S/C22H25B2N/c1-21(2,3)22(23,24)19-11-7-10-17(14-19)18-12-13-25-20(15-18)16-8-5-4-6-9-16/h4-15H,23-24H2,1-3H3. The minimum atomic E-state index is 0.0955. The van der Waals surface area contributed by atoms with Crippen LogP contribution in [-0.2, 0) is 5.21 Å². The molecular weight excluding hydrogens is 300 g/mol. The monoisotopic (exact) mass is 325 g/mol. The van der Waals surface area contributed by atoms with Gasteiger partial charge in [0.25, 0.3) is 0 Å². The zero-order chi connectivity index (χ0) is 18.1. The average molecular weight is 325 g/mol. The maximum Gasteiger partial charge on any atom is 0.105 e. The summed E-state index contributed by atoms with van der Waals surface area (Å²) in [6.07, 6.45) is 1.90. The first-order chi connectivity index (χ1) is 11.8. The fourth-order valence-electron chi connectivity index (χ4n) is 2.90. The van der Waals surface area contributed by atoms with Crippen LogP contribution in [0.25, 0.3) is 22.4 Å². The van der Waals surface area contributed by atoms with Crippen LogP contribution < -0.4 is 0 Å². The molecule has 0 N–H and O–H groups in total. The third-order valence-corrected chi connectivity index (χ3v) is 5.62. The zero-order valence-electron chi connectivity index (χ0n) is 15.9. The van der Waals surface area contributed by atoms with Crippen molar-refractivity contribution in [2.75, 3.05) is 0 Å². The highest BCUT2D eigenvalue weighted by Gasteiger charge is 2.34. The molecule has 124 valence electrons. The van der Waals surface area contributed by atoms with E-state index in [0.29, 0.717) is 0 Å². The van der Waals surface area contributed by atoms with Crippen LogP contribution >= 0.6 is 0 Å². The maximum absolute atomic E-state index is 4.55. The molecule has 3 aromatic rings. The van der Waals surface area contributed by atoms with Crippen molar-refractivity contribution in [2.24, 2.45) is 5.41 Å². The lowest BCUT2D eigenvalue weighted by Gasteiger charge is -2.40. The molecule has 25 heavy (non-hydrogen) atoms. The first kappa shape index (κ1) is 17.5. The van der Waals surface area contributed by atoms with Crippen molar-refractivity contribution >= 4 is 15.7 Å². The molecule has 2 aromatic carbocycles. The molecule has 0 unspecified atom stereocenters. The normalized spacial score (nSPS) is 12.1. The fraction of sp³-hybridized carbons (Fsp3) is 0.227. The third-order valence-electron chi connectivity index (χ3n) is 5.62. The van der Waals surface area contributed by atoms with Gasteiger partial charge in [0.05, 0.1) is 5.69 Å². The van der Waals surface area contributed by atoms with Gasteiger partial charge in [-0.05, 0) is 28.7 Å². The molecule has 0 spiro atoms. The second kappa shape index (κ2) is 6.55. The molecule has 3 rings (SSSR count). The molecule has 1 heterocycles. The van der Waals surface area contributed by atoms with Gasteiger partial charge in [-0.1, -0.05) is 86.1 Å². The first-order valence-electron chi connectivity index (χ1n) is 8.91. The molecule has 0 amide bonds. The van der Waals surface area contributed by atoms with Gasteiger partial charge in [-0.2, -0.15) is 0 Å². The molecule has 0 bridgehead atoms. The number of hydrogen-bond donors (Lipinski definition) is 0. The van der Waals surface area contributed by atoms with Gasteiger partial charge in [0.1, 0.15) is 15.7 Å². The molecular formula is C22H25B2N. The summed E-state index contributed by atoms with van der Waals surface area (Å²) in [5, 5.41) is 0.0955. The van der Waals surface area contributed by atoms with E-state index in [1.54, 1.807) is 0 Å². The van der Waals surface area contributed by atoms with E-state index in [-0.39, 0.29) is 10.6 Å². The van der Waals surface area contributed by atoms with Gasteiger partial charge in [0, 0.05) is 11.8 Å². The Morgan fingerprint density at radius 2 is 1.36 bits per heavy atom. The lowest BCUT2D eigenvalue weighted by Crippen LogP contribution is -2.41. The van der Waals surface area contributed by atoms with Crippen molar-refractivity contribution in [2.45, 2.75) is 26.0 Å². The topological polar surface area (TPSA) is 12.9 Å². The van der Waals surface area contributed by atoms with Gasteiger partial charge < -0.3 is 0 Å². The summed E-state index contributed by atoms with van der Waals surface area (Å²) in [6, 6.07) is 23.5. The highest BCUT2D eigenvalue weighted by Crippen LogP contribution is 2.37. The predicted molar refractivity (Wildman–Crippen MR) is 113 cm³/mol. The van der Waals surface area contributed by atoms with Crippen molar-refractivity contribution < 1.29 is 0 Å². The Morgan fingerprint density at radius 1 is 0.720 bits per heavy atom. The molecule has 0 radical (unpaired) electrons. The van der Waals surface area contributed by atoms with E-state index in [1.807, 2.05) is 12.3 Å². The van der Waals surface area contributed by atoms with E-state index in [4.69, 9.17) is 0 Å². The number of rotatable bonds is 3. The van der Waals surface area contributed by atoms with Crippen LogP contribution in [0.5, 0.6) is 0 Å². The molecule has 0 atom stereocenters. The summed E-state index contributed by atoms with van der Waals surface area (Å²) < 4.78 is 0. The number of nitrogens with zero attached hydrogens (tertiary/aromatic N) is 1. The summed E-state index contributed by atoms with van der Waals surface area (Å²) in [6.45, 7) is 6.92. The first-order valence-corrected chi connectivity index (χ1v) is 8.91. The van der Waals surface area contributed by atoms with E-state index < -0.39 is 0 Å². The third kappa shape index (κ3) is 3.56. The molecule has 1 nitrogen and oxygen atoms in total. The van der Waals surface area contributed by atoms with Crippen molar-refractivity contribution in [3.8, 4) is 22.4 Å². The molecule has 0 aliphatic carbocycles. The summed E-state index contributed by atoms with van der Waals surface area (Å²) in [4.78, 5) is 4.55. The summed E-state index contributed by atoms with van der Waals surface area (Å²) in [5.74, 6) is 0. The number of hydrogen-bond acceptors (Lipinski definition) is 1. The van der Waals surface area contributed by atoms with E-state index in [9.17, 15) is 0 Å². The maximum atomic E-state index is 4.55. The van der Waals surface area contributed by atoms with E-state index in [1.165, 1.54) is 16.7 Å². The van der Waals surface area contributed by atoms with Crippen LogP contribution in [0.2, 0.25) is 0 Å². The van der Waals surface area contributed by atoms with Gasteiger partial charge >= 0.3 is 0 Å². The van der Waals surface area contributed by atoms with E-state index in [2.05, 4.69) is 102 Å². The second-order valence-electron chi connectivity index (χ2n) is 8.25. The lowest BCUT2D eigenvalue weighted by atomic mass is 9.41. The van der Waals surface area contributed by atoms with Crippen LogP contribution in [0.4, 0.5) is 0 Å². The summed E-state index contributed by atoms with van der Waals surface area (Å²) in [5.41, 5.74) is 6.18. The highest BCUT2D eigenvalue weighted by molar-refractivity contribution is 6.40. The molecule has 0 aliphatic rings. The Hall–Kier alpha value is -2.28. The van der Waals surface area contributed by atoms with Crippen molar-refractivity contribution in [1.29, 1.82) is 0 Å². The Morgan fingerprint density at radius 3 is 2.04 bits per heavy atom. The smallest absolute Gasteiger partial charge is 0.105 e. The van der Waals surface area contributed by atoms with Crippen molar-refractivity contribution in [3.63, 3.8) is 0 Å². The van der Waals surface area contributed by atoms with Crippen LogP contribution in [0.1, 0.15) is 26.3 Å². The van der Waals surface area contributed by atoms with Gasteiger partial charge in [-0.25, -0.2) is 0 Å². The molecule has 0 fully saturated rings. The van der Waals surface area contributed by atoms with Gasteiger partial charge in [0.2, 0.25) is 0 Å². The molecule has 1 aromatic heterocycles. The minimum Gasteiger partial charge on any atom is -0.256 e. The van der Waals surface area contributed by atoms with Crippen LogP contribution in [0.15, 0.2) is 72.9 Å². The van der Waals surface area contributed by atoms with Gasteiger partial charge in [0.15, 0.2) is 0 Å². The number of aromatic nitrogens is 1. The minimum absolute atomic E-state index is 0.0955. The molecule has 0 aliphatic heterocycles. The summed E-state index contributed by atoms with van der Waals surface area (Å²) in [7, 11) is 4.65. The molecule has 3 heteroatoms. The Balaban J connectivity index is 2.03. The zero-order valence-corrected chi connectivity index (χ0v) is 15.9. The van der Waals surface area contributed by atoms with Crippen LogP contribution in [0.3, 0.4) is 0 Å². The quantitative estimate of drug-likeness (QED) is 0.666. The largest absolute Gasteiger partial charge is 0.256 e. The number of benzene rings is 2. The van der Waals surface area contributed by atoms with Crippen molar-refractivity contribution in [1.82, 2.24) is 4.98 Å². The Labute approximate surface area is 153 Å². The van der Waals surface area contributed by atoms with Crippen LogP contribution in [0, 0.1) is 5.41 Å². The number of pyridine rings is 1. The van der Waals surface area contributed by atoms with Crippen molar-refractivity contribution in [3.05, 3.63) is 78.5 Å². The molecule has 0 saturated carbocycles. The second-order valence-corrected chi connectivity index (χ2v) is 8.25. The van der Waals surface area contributed by atoms with Crippen LogP contribution in [-0.4, -0.2) is 20.7 Å². The SMILES string of the molecule is BC(B)(c1cccc(-c2ccnc(-c3ccccc3)c2)c1)C(C)(C)C. The summed E-state index contributed by atoms with van der Waals surface area (Å²) >= 11 is 0. The van der Waals surface area contributed by atoms with Gasteiger partial charge in [-0.15, -0.1) is 0 Å². The van der Waals surface area contributed by atoms with E-state index in [0.717, 1.165) is 11.3 Å². The Bertz CT molecular complexity index is 864. The Kier molecular flexibility index (Phi) is 4.60. The lowest BCUT2D eigenvalue weighted by molar-refractivity contribution is 0.358. The van der Waals surface area contributed by atoms with Gasteiger partial charge in [-0.3, -0.25) is 4.98 Å². The fourth-order valence-corrected chi connectivity index (χ4v) is 2.90. The highest BCUT2D eigenvalue weighted by atomic mass is 14.7. The van der Waals surface area contributed by atoms with E-state index >= 15 is 0 Å².